The average Bonchev–Trinajstić information content (AvgIpc) is 3.07. The van der Waals surface area contributed by atoms with Gasteiger partial charge in [-0.25, -0.2) is 0 Å². The molecule has 146 valence electrons. The van der Waals surface area contributed by atoms with Crippen LogP contribution in [0.5, 0.6) is 0 Å². The standard InChI is InChI=1S/C22H25N3O3/c26-20(13-17-7-3-1-4-8-17)23-11-12-24-22(28)19-14-21(27)25(16-19)15-18-9-5-2-6-10-18/h1-10,19H,11-16H2,(H,23,26)(H,24,28). The summed E-state index contributed by atoms with van der Waals surface area (Å²) in [5, 5.41) is 5.61. The molecule has 0 aliphatic carbocycles. The SMILES string of the molecule is O=C(Cc1ccccc1)NCCNC(=O)C1CC(=O)N(Cc2ccccc2)C1. The van der Waals surface area contributed by atoms with Gasteiger partial charge in [-0.1, -0.05) is 60.7 Å². The number of hydrogen-bond donors (Lipinski definition) is 2. The number of carbonyl (C=O) groups is 3. The first-order chi connectivity index (χ1) is 13.6. The molecule has 0 aromatic heterocycles. The van der Waals surface area contributed by atoms with Crippen molar-refractivity contribution in [1.82, 2.24) is 15.5 Å². The van der Waals surface area contributed by atoms with E-state index < -0.39 is 0 Å². The lowest BCUT2D eigenvalue weighted by Gasteiger charge is -2.16. The molecular weight excluding hydrogens is 354 g/mol. The van der Waals surface area contributed by atoms with Gasteiger partial charge in [0.25, 0.3) is 0 Å². The van der Waals surface area contributed by atoms with E-state index in [1.807, 2.05) is 60.7 Å². The molecule has 1 saturated heterocycles. The van der Waals surface area contributed by atoms with Crippen LogP contribution >= 0.6 is 0 Å². The molecule has 3 rings (SSSR count). The van der Waals surface area contributed by atoms with Crippen LogP contribution in [0, 0.1) is 5.92 Å². The highest BCUT2D eigenvalue weighted by atomic mass is 16.2. The van der Waals surface area contributed by atoms with E-state index in [-0.39, 0.29) is 30.1 Å². The summed E-state index contributed by atoms with van der Waals surface area (Å²) in [5.41, 5.74) is 2.00. The minimum absolute atomic E-state index is 0.000155. The van der Waals surface area contributed by atoms with Gasteiger partial charge in [-0.05, 0) is 11.1 Å². The van der Waals surface area contributed by atoms with Crippen LogP contribution in [0.2, 0.25) is 0 Å². The van der Waals surface area contributed by atoms with Gasteiger partial charge in [0.05, 0.1) is 12.3 Å². The summed E-state index contributed by atoms with van der Waals surface area (Å²) in [5.74, 6) is -0.553. The van der Waals surface area contributed by atoms with Gasteiger partial charge in [0, 0.05) is 32.6 Å². The fourth-order valence-electron chi connectivity index (χ4n) is 3.28. The molecule has 0 radical (unpaired) electrons. The molecule has 0 spiro atoms. The zero-order valence-corrected chi connectivity index (χ0v) is 15.8. The molecule has 6 nitrogen and oxygen atoms in total. The Bertz CT molecular complexity index is 808. The van der Waals surface area contributed by atoms with Crippen LogP contribution in [-0.2, 0) is 27.3 Å². The lowest BCUT2D eigenvalue weighted by Crippen LogP contribution is -2.38. The first-order valence-electron chi connectivity index (χ1n) is 9.52. The Kier molecular flexibility index (Phi) is 6.78. The molecule has 2 N–H and O–H groups in total. The molecule has 1 fully saturated rings. The van der Waals surface area contributed by atoms with E-state index in [1.54, 1.807) is 4.90 Å². The smallest absolute Gasteiger partial charge is 0.225 e. The van der Waals surface area contributed by atoms with Gasteiger partial charge in [0.1, 0.15) is 0 Å². The van der Waals surface area contributed by atoms with Crippen molar-refractivity contribution in [1.29, 1.82) is 0 Å². The predicted octanol–water partition coefficient (Wildman–Crippen LogP) is 1.51. The molecule has 1 atom stereocenters. The highest BCUT2D eigenvalue weighted by Crippen LogP contribution is 2.20. The molecule has 0 saturated carbocycles. The molecule has 1 aliphatic rings. The van der Waals surface area contributed by atoms with Gasteiger partial charge >= 0.3 is 0 Å². The second-order valence-electron chi connectivity index (χ2n) is 6.96. The highest BCUT2D eigenvalue weighted by Gasteiger charge is 2.33. The van der Waals surface area contributed by atoms with Crippen LogP contribution < -0.4 is 10.6 Å². The lowest BCUT2D eigenvalue weighted by atomic mass is 10.1. The van der Waals surface area contributed by atoms with Crippen molar-refractivity contribution in [2.75, 3.05) is 19.6 Å². The summed E-state index contributed by atoms with van der Waals surface area (Å²) in [6.45, 7) is 1.67. The van der Waals surface area contributed by atoms with Gasteiger partial charge in [-0.3, -0.25) is 14.4 Å². The zero-order chi connectivity index (χ0) is 19.8. The number of hydrogen-bond acceptors (Lipinski definition) is 3. The van der Waals surface area contributed by atoms with Crippen LogP contribution in [0.3, 0.4) is 0 Å². The van der Waals surface area contributed by atoms with Gasteiger partial charge < -0.3 is 15.5 Å². The van der Waals surface area contributed by atoms with Gasteiger partial charge in [0.2, 0.25) is 17.7 Å². The first-order valence-corrected chi connectivity index (χ1v) is 9.52. The molecular formula is C22H25N3O3. The predicted molar refractivity (Wildman–Crippen MR) is 106 cm³/mol. The van der Waals surface area contributed by atoms with Gasteiger partial charge in [0.15, 0.2) is 0 Å². The number of rotatable bonds is 8. The van der Waals surface area contributed by atoms with Gasteiger partial charge in [-0.2, -0.15) is 0 Å². The van der Waals surface area contributed by atoms with Crippen LogP contribution in [0.4, 0.5) is 0 Å². The minimum atomic E-state index is -0.337. The molecule has 1 unspecified atom stereocenters. The maximum Gasteiger partial charge on any atom is 0.225 e. The van der Waals surface area contributed by atoms with Crippen LogP contribution in [-0.4, -0.2) is 42.3 Å². The Morgan fingerprint density at radius 2 is 1.50 bits per heavy atom. The van der Waals surface area contributed by atoms with Crippen LogP contribution in [0.1, 0.15) is 17.5 Å². The Hall–Kier alpha value is -3.15. The molecule has 3 amide bonds. The molecule has 1 aliphatic heterocycles. The number of nitrogens with one attached hydrogen (secondary N) is 2. The molecule has 2 aromatic rings. The van der Waals surface area contributed by atoms with E-state index in [9.17, 15) is 14.4 Å². The van der Waals surface area contributed by atoms with Crippen molar-refractivity contribution in [3.05, 3.63) is 71.8 Å². The van der Waals surface area contributed by atoms with Gasteiger partial charge in [-0.15, -0.1) is 0 Å². The number of benzene rings is 2. The Morgan fingerprint density at radius 1 is 0.893 bits per heavy atom. The first kappa shape index (κ1) is 19.6. The molecule has 1 heterocycles. The topological polar surface area (TPSA) is 78.5 Å². The third-order valence-electron chi connectivity index (χ3n) is 4.76. The second kappa shape index (κ2) is 9.69. The zero-order valence-electron chi connectivity index (χ0n) is 15.8. The Balaban J connectivity index is 1.36. The average molecular weight is 379 g/mol. The number of likely N-dealkylation sites (tertiary alicyclic amines) is 1. The largest absolute Gasteiger partial charge is 0.354 e. The monoisotopic (exact) mass is 379 g/mol. The quantitative estimate of drug-likeness (QED) is 0.683. The normalized spacial score (nSPS) is 16.1. The maximum absolute atomic E-state index is 12.3. The van der Waals surface area contributed by atoms with Crippen molar-refractivity contribution in [2.45, 2.75) is 19.4 Å². The van der Waals surface area contributed by atoms with Crippen LogP contribution in [0.25, 0.3) is 0 Å². The second-order valence-corrected chi connectivity index (χ2v) is 6.96. The van der Waals surface area contributed by atoms with Crippen molar-refractivity contribution >= 4 is 17.7 Å². The number of amides is 3. The number of carbonyl (C=O) groups excluding carboxylic acids is 3. The summed E-state index contributed by atoms with van der Waals surface area (Å²) in [7, 11) is 0. The lowest BCUT2D eigenvalue weighted by molar-refractivity contribution is -0.129. The third kappa shape index (κ3) is 5.67. The summed E-state index contributed by atoms with van der Waals surface area (Å²) in [4.78, 5) is 38.1. The van der Waals surface area contributed by atoms with Crippen molar-refractivity contribution in [2.24, 2.45) is 5.92 Å². The fourth-order valence-corrected chi connectivity index (χ4v) is 3.28. The summed E-state index contributed by atoms with van der Waals surface area (Å²) >= 11 is 0. The van der Waals surface area contributed by atoms with Crippen molar-refractivity contribution in [3.8, 4) is 0 Å². The Labute approximate surface area is 164 Å². The van der Waals surface area contributed by atoms with Crippen molar-refractivity contribution in [3.63, 3.8) is 0 Å². The highest BCUT2D eigenvalue weighted by molar-refractivity contribution is 5.89. The molecule has 0 bridgehead atoms. The van der Waals surface area contributed by atoms with E-state index in [0.717, 1.165) is 11.1 Å². The molecule has 28 heavy (non-hydrogen) atoms. The van der Waals surface area contributed by atoms with E-state index in [2.05, 4.69) is 10.6 Å². The molecule has 6 heteroatoms. The maximum atomic E-state index is 12.3. The van der Waals surface area contributed by atoms with Crippen LogP contribution in [0.15, 0.2) is 60.7 Å². The summed E-state index contributed by atoms with van der Waals surface area (Å²) in [6.07, 6.45) is 0.555. The number of nitrogens with zero attached hydrogens (tertiary/aromatic N) is 1. The van der Waals surface area contributed by atoms with E-state index >= 15 is 0 Å². The van der Waals surface area contributed by atoms with Crippen molar-refractivity contribution < 1.29 is 14.4 Å². The summed E-state index contributed by atoms with van der Waals surface area (Å²) in [6, 6.07) is 19.3. The van der Waals surface area contributed by atoms with E-state index in [4.69, 9.17) is 0 Å². The fraction of sp³-hybridized carbons (Fsp3) is 0.318. The Morgan fingerprint density at radius 3 is 2.18 bits per heavy atom. The van der Waals surface area contributed by atoms with E-state index in [0.29, 0.717) is 32.6 Å². The third-order valence-corrected chi connectivity index (χ3v) is 4.76. The summed E-state index contributed by atoms with van der Waals surface area (Å²) < 4.78 is 0. The molecule has 2 aromatic carbocycles. The van der Waals surface area contributed by atoms with E-state index in [1.165, 1.54) is 0 Å². The minimum Gasteiger partial charge on any atom is -0.354 e.